The first kappa shape index (κ1) is 16.8. The van der Waals surface area contributed by atoms with Gasteiger partial charge in [0.15, 0.2) is 0 Å². The van der Waals surface area contributed by atoms with E-state index < -0.39 is 8.80 Å². The number of carbonyl (C=O) groups excluding carboxylic acids is 1. The smallest absolute Gasteiger partial charge is 0.427 e. The van der Waals surface area contributed by atoms with Gasteiger partial charge in [0.1, 0.15) is 5.75 Å². The molecule has 0 aliphatic carbocycles. The van der Waals surface area contributed by atoms with Crippen molar-refractivity contribution in [2.45, 2.75) is 25.8 Å². The first-order valence-electron chi connectivity index (χ1n) is 6.48. The molecule has 1 aromatic carbocycles. The lowest BCUT2D eigenvalue weighted by Crippen LogP contribution is -2.42. The zero-order valence-corrected chi connectivity index (χ0v) is 13.5. The number of aryl methyl sites for hydroxylation is 1. The van der Waals surface area contributed by atoms with E-state index in [0.717, 1.165) is 18.9 Å². The molecule has 0 atom stereocenters. The Bertz CT molecular complexity index is 406. The molecule has 0 radical (unpaired) electrons. The summed E-state index contributed by atoms with van der Waals surface area (Å²) in [7, 11) is 2.38. The zero-order valence-electron chi connectivity index (χ0n) is 12.5. The molecular weight excluding hydrogens is 276 g/mol. The maximum Gasteiger partial charge on any atom is 0.500 e. The molecule has 0 fully saturated rings. The molecule has 0 bridgehead atoms. The Labute approximate surface area is 121 Å². The zero-order chi connectivity index (χ0) is 15.0. The molecule has 0 saturated carbocycles. The Balaban J connectivity index is 2.47. The largest absolute Gasteiger partial charge is 0.500 e. The second-order valence-corrected chi connectivity index (χ2v) is 7.48. The molecule has 1 aromatic rings. The van der Waals surface area contributed by atoms with Gasteiger partial charge in [-0.1, -0.05) is 12.1 Å². The summed E-state index contributed by atoms with van der Waals surface area (Å²) in [5.41, 5.74) is 1.17. The van der Waals surface area contributed by atoms with E-state index in [4.69, 9.17) is 18.0 Å². The minimum atomic E-state index is -2.47. The Morgan fingerprint density at radius 3 is 2.05 bits per heavy atom. The molecule has 0 spiro atoms. The van der Waals surface area contributed by atoms with Crippen molar-refractivity contribution in [2.24, 2.45) is 0 Å². The van der Waals surface area contributed by atoms with Crippen molar-refractivity contribution < 1.29 is 22.8 Å². The predicted octanol–water partition coefficient (Wildman–Crippen LogP) is 2.42. The van der Waals surface area contributed by atoms with Crippen LogP contribution in [-0.4, -0.2) is 36.1 Å². The number of hydrogen-bond acceptors (Lipinski definition) is 5. The van der Waals surface area contributed by atoms with Crippen LogP contribution in [0.25, 0.3) is 0 Å². The molecule has 0 saturated heterocycles. The van der Waals surface area contributed by atoms with Crippen LogP contribution in [0.2, 0.25) is 6.04 Å². The summed E-state index contributed by atoms with van der Waals surface area (Å²) >= 11 is 0. The normalized spacial score (nSPS) is 11.4. The summed E-state index contributed by atoms with van der Waals surface area (Å²) in [6, 6.07) is 8.26. The third kappa shape index (κ3) is 5.05. The van der Waals surface area contributed by atoms with Gasteiger partial charge in [-0.25, -0.2) is 0 Å². The maximum absolute atomic E-state index is 10.8. The standard InChI is InChI=1S/C14H22O5Si/c1-12(15)19-14-9-7-13(8-10-14)6-5-11-20(16-2,17-3)18-4/h7-10H,5-6,11H2,1-4H3. The Morgan fingerprint density at radius 1 is 1.05 bits per heavy atom. The number of ether oxygens (including phenoxy) is 1. The van der Waals surface area contributed by atoms with Crippen molar-refractivity contribution in [1.82, 2.24) is 0 Å². The maximum atomic E-state index is 10.8. The van der Waals surface area contributed by atoms with Crippen molar-refractivity contribution in [3.05, 3.63) is 29.8 Å². The van der Waals surface area contributed by atoms with Gasteiger partial charge in [-0.3, -0.25) is 4.79 Å². The van der Waals surface area contributed by atoms with Crippen LogP contribution in [0, 0.1) is 0 Å². The highest BCUT2D eigenvalue weighted by Gasteiger charge is 2.36. The summed E-state index contributed by atoms with van der Waals surface area (Å²) in [5, 5.41) is 0. The monoisotopic (exact) mass is 298 g/mol. The Morgan fingerprint density at radius 2 is 1.60 bits per heavy atom. The Hall–Kier alpha value is -1.21. The van der Waals surface area contributed by atoms with Gasteiger partial charge >= 0.3 is 14.8 Å². The predicted molar refractivity (Wildman–Crippen MR) is 77.7 cm³/mol. The van der Waals surface area contributed by atoms with Crippen LogP contribution < -0.4 is 4.74 Å². The van der Waals surface area contributed by atoms with E-state index in [1.54, 1.807) is 33.5 Å². The molecule has 0 aromatic heterocycles. The van der Waals surface area contributed by atoms with Crippen LogP contribution in [0.3, 0.4) is 0 Å². The molecule has 0 amide bonds. The van der Waals surface area contributed by atoms with Crippen molar-refractivity contribution in [2.75, 3.05) is 21.3 Å². The molecule has 0 heterocycles. The van der Waals surface area contributed by atoms with Crippen LogP contribution in [0.4, 0.5) is 0 Å². The molecule has 0 unspecified atom stereocenters. The van der Waals surface area contributed by atoms with Crippen molar-refractivity contribution >= 4 is 14.8 Å². The van der Waals surface area contributed by atoms with Crippen molar-refractivity contribution in [3.63, 3.8) is 0 Å². The number of esters is 1. The van der Waals surface area contributed by atoms with Gasteiger partial charge in [0.2, 0.25) is 0 Å². The molecule has 6 heteroatoms. The first-order valence-corrected chi connectivity index (χ1v) is 8.41. The van der Waals surface area contributed by atoms with Crippen molar-refractivity contribution in [3.8, 4) is 5.75 Å². The lowest BCUT2D eigenvalue weighted by Gasteiger charge is -2.24. The van der Waals surface area contributed by atoms with Gasteiger partial charge in [-0.05, 0) is 30.5 Å². The van der Waals surface area contributed by atoms with E-state index in [9.17, 15) is 4.79 Å². The summed E-state index contributed by atoms with van der Waals surface area (Å²) in [6.07, 6.45) is 1.81. The fourth-order valence-corrected chi connectivity index (χ4v) is 3.68. The van der Waals surface area contributed by atoms with Gasteiger partial charge in [-0.15, -0.1) is 0 Å². The van der Waals surface area contributed by atoms with Gasteiger partial charge in [0.05, 0.1) is 0 Å². The fraction of sp³-hybridized carbons (Fsp3) is 0.500. The molecule has 0 N–H and O–H groups in total. The SMILES string of the molecule is CO[Si](CCCc1ccc(OC(C)=O)cc1)(OC)OC. The molecule has 5 nitrogen and oxygen atoms in total. The minimum Gasteiger partial charge on any atom is -0.427 e. The number of rotatable bonds is 8. The second-order valence-electron chi connectivity index (χ2n) is 4.39. The van der Waals surface area contributed by atoms with E-state index >= 15 is 0 Å². The summed E-state index contributed by atoms with van der Waals surface area (Å²) in [5.74, 6) is 0.254. The highest BCUT2D eigenvalue weighted by molar-refractivity contribution is 6.60. The van der Waals surface area contributed by atoms with E-state index in [-0.39, 0.29) is 5.97 Å². The van der Waals surface area contributed by atoms with Crippen LogP contribution >= 0.6 is 0 Å². The van der Waals surface area contributed by atoms with Crippen LogP contribution in [0.15, 0.2) is 24.3 Å². The van der Waals surface area contributed by atoms with Gasteiger partial charge in [0.25, 0.3) is 0 Å². The fourth-order valence-electron chi connectivity index (χ4n) is 1.96. The Kier molecular flexibility index (Phi) is 6.87. The second kappa shape index (κ2) is 8.16. The number of carbonyl (C=O) groups is 1. The molecule has 1 rings (SSSR count). The minimum absolute atomic E-state index is 0.311. The average Bonchev–Trinajstić information content (AvgIpc) is 2.45. The molecular formula is C14H22O5Si. The third-order valence-electron chi connectivity index (χ3n) is 3.07. The highest BCUT2D eigenvalue weighted by Crippen LogP contribution is 2.19. The topological polar surface area (TPSA) is 54.0 Å². The van der Waals surface area contributed by atoms with Crippen LogP contribution in [0.5, 0.6) is 5.75 Å². The van der Waals surface area contributed by atoms with E-state index in [0.29, 0.717) is 5.75 Å². The van der Waals surface area contributed by atoms with Gasteiger partial charge in [0, 0.05) is 34.3 Å². The van der Waals surface area contributed by atoms with E-state index in [1.807, 2.05) is 12.1 Å². The molecule has 0 aliphatic heterocycles. The van der Waals surface area contributed by atoms with Crippen molar-refractivity contribution in [1.29, 1.82) is 0 Å². The molecule has 20 heavy (non-hydrogen) atoms. The lowest BCUT2D eigenvalue weighted by atomic mass is 10.1. The average molecular weight is 298 g/mol. The third-order valence-corrected chi connectivity index (χ3v) is 5.90. The lowest BCUT2D eigenvalue weighted by molar-refractivity contribution is -0.131. The summed E-state index contributed by atoms with van der Waals surface area (Å²) < 4.78 is 21.1. The van der Waals surface area contributed by atoms with Crippen LogP contribution in [0.1, 0.15) is 18.9 Å². The van der Waals surface area contributed by atoms with Gasteiger partial charge in [-0.2, -0.15) is 0 Å². The summed E-state index contributed by atoms with van der Waals surface area (Å²) in [4.78, 5) is 10.8. The molecule has 112 valence electrons. The van der Waals surface area contributed by atoms with Crippen LogP contribution in [-0.2, 0) is 24.5 Å². The number of benzene rings is 1. The number of hydrogen-bond donors (Lipinski definition) is 0. The quantitative estimate of drug-likeness (QED) is 0.419. The summed E-state index contributed by atoms with van der Waals surface area (Å²) in [6.45, 7) is 1.39. The first-order chi connectivity index (χ1) is 9.55. The highest BCUT2D eigenvalue weighted by atomic mass is 28.4. The van der Waals surface area contributed by atoms with Gasteiger partial charge < -0.3 is 18.0 Å². The van der Waals surface area contributed by atoms with E-state index in [1.165, 1.54) is 12.5 Å². The molecule has 0 aliphatic rings. The van der Waals surface area contributed by atoms with E-state index in [2.05, 4.69) is 0 Å².